The van der Waals surface area contributed by atoms with Crippen molar-refractivity contribution in [3.8, 4) is 0 Å². The van der Waals surface area contributed by atoms with E-state index in [1.54, 1.807) is 12.1 Å². The summed E-state index contributed by atoms with van der Waals surface area (Å²) in [6.07, 6.45) is 1.14. The van der Waals surface area contributed by atoms with Crippen molar-refractivity contribution in [3.05, 3.63) is 30.1 Å². The molecule has 0 amide bonds. The van der Waals surface area contributed by atoms with Gasteiger partial charge in [-0.3, -0.25) is 0 Å². The highest BCUT2D eigenvalue weighted by molar-refractivity contribution is 5.47. The fourth-order valence-electron chi connectivity index (χ4n) is 2.00. The van der Waals surface area contributed by atoms with Gasteiger partial charge >= 0.3 is 0 Å². The molecule has 96 valence electrons. The molecule has 0 aromatic heterocycles. The maximum absolute atomic E-state index is 13.2. The van der Waals surface area contributed by atoms with Crippen molar-refractivity contribution in [2.75, 3.05) is 24.5 Å². The lowest BCUT2D eigenvalue weighted by molar-refractivity contribution is 0.563. The lowest BCUT2D eigenvalue weighted by atomic mass is 10.2. The molecule has 0 saturated carbocycles. The van der Waals surface area contributed by atoms with Gasteiger partial charge in [-0.1, -0.05) is 13.0 Å². The molecular formula is C14H23FN2. The van der Waals surface area contributed by atoms with Crippen LogP contribution in [0.5, 0.6) is 0 Å². The van der Waals surface area contributed by atoms with E-state index in [0.717, 1.165) is 31.7 Å². The second-order valence-corrected chi connectivity index (χ2v) is 4.32. The molecule has 0 fully saturated rings. The Bertz CT molecular complexity index is 328. The molecule has 3 heteroatoms. The van der Waals surface area contributed by atoms with Gasteiger partial charge in [0.1, 0.15) is 5.82 Å². The number of nitrogens with one attached hydrogen (secondary N) is 1. The Morgan fingerprint density at radius 1 is 1.35 bits per heavy atom. The van der Waals surface area contributed by atoms with Crippen LogP contribution in [0.1, 0.15) is 27.2 Å². The Labute approximate surface area is 104 Å². The first kappa shape index (κ1) is 14.0. The predicted molar refractivity (Wildman–Crippen MR) is 72.0 cm³/mol. The number of benzene rings is 1. The van der Waals surface area contributed by atoms with Gasteiger partial charge < -0.3 is 10.2 Å². The third-order valence-corrected chi connectivity index (χ3v) is 2.88. The number of halogens is 1. The van der Waals surface area contributed by atoms with Gasteiger partial charge in [-0.15, -0.1) is 0 Å². The quantitative estimate of drug-likeness (QED) is 0.734. The van der Waals surface area contributed by atoms with Crippen LogP contribution in [0.15, 0.2) is 24.3 Å². The molecule has 0 aliphatic rings. The van der Waals surface area contributed by atoms with E-state index in [1.165, 1.54) is 6.07 Å². The fourth-order valence-corrected chi connectivity index (χ4v) is 2.00. The topological polar surface area (TPSA) is 15.3 Å². The average Bonchev–Trinajstić information content (AvgIpc) is 2.30. The summed E-state index contributed by atoms with van der Waals surface area (Å²) in [6.45, 7) is 9.27. The maximum atomic E-state index is 13.2. The summed E-state index contributed by atoms with van der Waals surface area (Å²) in [5.74, 6) is -0.172. The number of hydrogen-bond donors (Lipinski definition) is 1. The molecule has 2 nitrogen and oxygen atoms in total. The van der Waals surface area contributed by atoms with Crippen molar-refractivity contribution < 1.29 is 4.39 Å². The molecule has 1 rings (SSSR count). The summed E-state index contributed by atoms with van der Waals surface area (Å²) < 4.78 is 13.2. The Balaban J connectivity index is 2.63. The molecule has 1 aromatic carbocycles. The fraction of sp³-hybridized carbons (Fsp3) is 0.571. The minimum absolute atomic E-state index is 0.172. The van der Waals surface area contributed by atoms with Gasteiger partial charge in [-0.2, -0.15) is 0 Å². The summed E-state index contributed by atoms with van der Waals surface area (Å²) in [7, 11) is 0. The molecule has 1 unspecified atom stereocenters. The van der Waals surface area contributed by atoms with Crippen LogP contribution in [0.2, 0.25) is 0 Å². The van der Waals surface area contributed by atoms with E-state index < -0.39 is 0 Å². The third kappa shape index (κ3) is 4.35. The van der Waals surface area contributed by atoms with E-state index >= 15 is 0 Å². The average molecular weight is 238 g/mol. The molecule has 1 N–H and O–H groups in total. The molecule has 0 bridgehead atoms. The first-order chi connectivity index (χ1) is 8.19. The molecule has 0 aliphatic carbocycles. The van der Waals surface area contributed by atoms with E-state index in [0.29, 0.717) is 6.04 Å². The molecule has 0 radical (unpaired) electrons. The SMILES string of the molecule is CCCNCC(C)N(CC)c1cccc(F)c1. The highest BCUT2D eigenvalue weighted by Crippen LogP contribution is 2.17. The normalized spacial score (nSPS) is 12.5. The molecule has 0 spiro atoms. The lowest BCUT2D eigenvalue weighted by Crippen LogP contribution is -2.40. The summed E-state index contributed by atoms with van der Waals surface area (Å²) in [5.41, 5.74) is 0.957. The van der Waals surface area contributed by atoms with Gasteiger partial charge in [0.05, 0.1) is 0 Å². The van der Waals surface area contributed by atoms with Gasteiger partial charge in [0.15, 0.2) is 0 Å². The first-order valence-electron chi connectivity index (χ1n) is 6.42. The van der Waals surface area contributed by atoms with Crippen molar-refractivity contribution >= 4 is 5.69 Å². The van der Waals surface area contributed by atoms with Gasteiger partial charge in [0.2, 0.25) is 0 Å². The number of anilines is 1. The second kappa shape index (κ2) is 7.28. The molecule has 1 aromatic rings. The highest BCUT2D eigenvalue weighted by Gasteiger charge is 2.12. The van der Waals surface area contributed by atoms with Gasteiger partial charge in [0.25, 0.3) is 0 Å². The molecular weight excluding hydrogens is 215 g/mol. The first-order valence-corrected chi connectivity index (χ1v) is 6.42. The van der Waals surface area contributed by atoms with Crippen molar-refractivity contribution in [1.82, 2.24) is 5.32 Å². The highest BCUT2D eigenvalue weighted by atomic mass is 19.1. The van der Waals surface area contributed by atoms with Crippen LogP contribution in [0.25, 0.3) is 0 Å². The van der Waals surface area contributed by atoms with Crippen LogP contribution in [0.3, 0.4) is 0 Å². The predicted octanol–water partition coefficient (Wildman–Crippen LogP) is 3.04. The van der Waals surface area contributed by atoms with Gasteiger partial charge in [-0.25, -0.2) is 4.39 Å². The largest absolute Gasteiger partial charge is 0.368 e. The van der Waals surface area contributed by atoms with E-state index in [1.807, 2.05) is 6.07 Å². The smallest absolute Gasteiger partial charge is 0.125 e. The number of nitrogens with zero attached hydrogens (tertiary/aromatic N) is 1. The van der Waals surface area contributed by atoms with Crippen molar-refractivity contribution in [3.63, 3.8) is 0 Å². The van der Waals surface area contributed by atoms with Crippen LogP contribution in [-0.4, -0.2) is 25.7 Å². The Kier molecular flexibility index (Phi) is 5.98. The summed E-state index contributed by atoms with van der Waals surface area (Å²) in [4.78, 5) is 2.21. The van der Waals surface area contributed by atoms with Crippen LogP contribution in [-0.2, 0) is 0 Å². The molecule has 0 aliphatic heterocycles. The zero-order chi connectivity index (χ0) is 12.7. The second-order valence-electron chi connectivity index (χ2n) is 4.32. The minimum Gasteiger partial charge on any atom is -0.368 e. The Morgan fingerprint density at radius 2 is 2.12 bits per heavy atom. The third-order valence-electron chi connectivity index (χ3n) is 2.88. The van der Waals surface area contributed by atoms with E-state index in [-0.39, 0.29) is 5.82 Å². The molecule has 0 saturated heterocycles. The van der Waals surface area contributed by atoms with Gasteiger partial charge in [-0.05, 0) is 45.0 Å². The van der Waals surface area contributed by atoms with Crippen molar-refractivity contribution in [1.29, 1.82) is 0 Å². The molecule has 17 heavy (non-hydrogen) atoms. The number of hydrogen-bond acceptors (Lipinski definition) is 2. The summed E-state index contributed by atoms with van der Waals surface area (Å²) in [5, 5.41) is 3.40. The van der Waals surface area contributed by atoms with E-state index in [2.05, 4.69) is 31.0 Å². The van der Waals surface area contributed by atoms with Crippen LogP contribution >= 0.6 is 0 Å². The molecule has 0 heterocycles. The number of rotatable bonds is 7. The minimum atomic E-state index is -0.172. The maximum Gasteiger partial charge on any atom is 0.125 e. The van der Waals surface area contributed by atoms with Gasteiger partial charge in [0, 0.05) is 24.8 Å². The Morgan fingerprint density at radius 3 is 2.71 bits per heavy atom. The Hall–Kier alpha value is -1.09. The van der Waals surface area contributed by atoms with Crippen molar-refractivity contribution in [2.24, 2.45) is 0 Å². The molecule has 1 atom stereocenters. The van der Waals surface area contributed by atoms with Crippen LogP contribution in [0.4, 0.5) is 10.1 Å². The van der Waals surface area contributed by atoms with E-state index in [9.17, 15) is 4.39 Å². The monoisotopic (exact) mass is 238 g/mol. The van der Waals surface area contributed by atoms with E-state index in [4.69, 9.17) is 0 Å². The zero-order valence-electron chi connectivity index (χ0n) is 11.0. The number of likely N-dealkylation sites (N-methyl/N-ethyl adjacent to an activating group) is 1. The van der Waals surface area contributed by atoms with Crippen LogP contribution in [0, 0.1) is 5.82 Å². The lowest BCUT2D eigenvalue weighted by Gasteiger charge is -2.30. The summed E-state index contributed by atoms with van der Waals surface area (Å²) in [6, 6.07) is 7.17. The van der Waals surface area contributed by atoms with Crippen molar-refractivity contribution in [2.45, 2.75) is 33.2 Å². The zero-order valence-corrected chi connectivity index (χ0v) is 11.0. The standard InChI is InChI=1S/C14H23FN2/c1-4-9-16-11-12(3)17(5-2)14-8-6-7-13(15)10-14/h6-8,10,12,16H,4-5,9,11H2,1-3H3. The van der Waals surface area contributed by atoms with Crippen LogP contribution < -0.4 is 10.2 Å². The summed E-state index contributed by atoms with van der Waals surface area (Å²) >= 11 is 0.